The van der Waals surface area contributed by atoms with Crippen LogP contribution >= 0.6 is 9.90 Å². The standard InChI is InChI=1S/C7H6N2.H3P/c1-2-4-7-6(3-1)8-5-9-7;/h1-5H,(H,8,9);1H3. The van der Waals surface area contributed by atoms with Gasteiger partial charge in [-0.15, -0.1) is 0 Å². The molecule has 2 rings (SSSR count). The van der Waals surface area contributed by atoms with Crippen LogP contribution in [0.1, 0.15) is 0 Å². The van der Waals surface area contributed by atoms with Crippen molar-refractivity contribution in [2.45, 2.75) is 0 Å². The molecule has 1 N–H and O–H groups in total. The van der Waals surface area contributed by atoms with Crippen molar-refractivity contribution in [2.75, 3.05) is 0 Å². The van der Waals surface area contributed by atoms with Crippen LogP contribution in [-0.4, -0.2) is 9.97 Å². The molecule has 0 fully saturated rings. The topological polar surface area (TPSA) is 28.7 Å². The van der Waals surface area contributed by atoms with Gasteiger partial charge in [-0.1, -0.05) is 12.1 Å². The van der Waals surface area contributed by atoms with Crippen molar-refractivity contribution < 1.29 is 0 Å². The van der Waals surface area contributed by atoms with Gasteiger partial charge in [0, 0.05) is 0 Å². The van der Waals surface area contributed by atoms with Crippen LogP contribution in [0.2, 0.25) is 0 Å². The number of rotatable bonds is 0. The highest BCUT2D eigenvalue weighted by Crippen LogP contribution is 2.05. The second-order valence-electron chi connectivity index (χ2n) is 1.92. The highest BCUT2D eigenvalue weighted by Gasteiger charge is 1.88. The molecule has 2 aromatic rings. The lowest BCUT2D eigenvalue weighted by atomic mass is 10.3. The fraction of sp³-hybridized carbons (Fsp3) is 0. The van der Waals surface area contributed by atoms with E-state index in [-0.39, 0.29) is 9.90 Å². The number of nitrogens with one attached hydrogen (secondary N) is 1. The Bertz CT molecular complexity index is 286. The number of para-hydroxylation sites is 2. The molecule has 52 valence electrons. The van der Waals surface area contributed by atoms with Crippen LogP contribution in [0.25, 0.3) is 11.0 Å². The average molecular weight is 152 g/mol. The van der Waals surface area contributed by atoms with Gasteiger partial charge in [0.25, 0.3) is 0 Å². The Hall–Kier alpha value is -0.880. The van der Waals surface area contributed by atoms with Gasteiger partial charge in [-0.2, -0.15) is 9.90 Å². The maximum absolute atomic E-state index is 4.06. The summed E-state index contributed by atoms with van der Waals surface area (Å²) in [5.41, 5.74) is 2.12. The van der Waals surface area contributed by atoms with Crippen molar-refractivity contribution in [1.82, 2.24) is 9.97 Å². The molecule has 1 aromatic carbocycles. The molecule has 2 nitrogen and oxygen atoms in total. The van der Waals surface area contributed by atoms with Crippen LogP contribution in [0.3, 0.4) is 0 Å². The van der Waals surface area contributed by atoms with E-state index in [1.54, 1.807) is 6.33 Å². The van der Waals surface area contributed by atoms with Crippen LogP contribution in [0.15, 0.2) is 30.6 Å². The van der Waals surface area contributed by atoms with Crippen LogP contribution in [0.5, 0.6) is 0 Å². The third-order valence-corrected chi connectivity index (χ3v) is 1.33. The number of imidazole rings is 1. The summed E-state index contributed by atoms with van der Waals surface area (Å²) in [6.07, 6.45) is 1.70. The van der Waals surface area contributed by atoms with Crippen molar-refractivity contribution in [3.05, 3.63) is 30.6 Å². The van der Waals surface area contributed by atoms with E-state index >= 15 is 0 Å². The van der Waals surface area contributed by atoms with E-state index in [1.165, 1.54) is 0 Å². The normalized spacial score (nSPS) is 9.20. The van der Waals surface area contributed by atoms with E-state index in [4.69, 9.17) is 0 Å². The highest BCUT2D eigenvalue weighted by molar-refractivity contribution is 6.92. The lowest BCUT2D eigenvalue weighted by molar-refractivity contribution is 1.34. The Morgan fingerprint density at radius 2 is 2.00 bits per heavy atom. The molecular formula is C7H9N2P. The number of benzene rings is 1. The lowest BCUT2D eigenvalue weighted by Crippen LogP contribution is -1.63. The number of fused-ring (bicyclic) bond motifs is 1. The zero-order valence-electron chi connectivity index (χ0n) is 5.54. The lowest BCUT2D eigenvalue weighted by Gasteiger charge is -1.81. The summed E-state index contributed by atoms with van der Waals surface area (Å²) in [7, 11) is 0. The third-order valence-electron chi connectivity index (χ3n) is 1.33. The first-order valence-corrected chi connectivity index (χ1v) is 2.85. The molecule has 0 amide bonds. The van der Waals surface area contributed by atoms with Gasteiger partial charge >= 0.3 is 0 Å². The van der Waals surface area contributed by atoms with E-state index in [2.05, 4.69) is 9.97 Å². The van der Waals surface area contributed by atoms with Gasteiger partial charge in [-0.3, -0.25) is 0 Å². The molecule has 10 heavy (non-hydrogen) atoms. The highest BCUT2D eigenvalue weighted by atomic mass is 31.0. The maximum Gasteiger partial charge on any atom is 0.0931 e. The van der Waals surface area contributed by atoms with Gasteiger partial charge in [0.2, 0.25) is 0 Å². The molecule has 1 atom stereocenters. The molecule has 1 unspecified atom stereocenters. The van der Waals surface area contributed by atoms with Crippen LogP contribution in [-0.2, 0) is 0 Å². The summed E-state index contributed by atoms with van der Waals surface area (Å²) in [5.74, 6) is 0. The number of aromatic nitrogens is 2. The van der Waals surface area contributed by atoms with E-state index in [0.717, 1.165) is 11.0 Å². The number of hydrogen-bond acceptors (Lipinski definition) is 1. The molecule has 1 heterocycles. The summed E-state index contributed by atoms with van der Waals surface area (Å²) in [5, 5.41) is 0. The summed E-state index contributed by atoms with van der Waals surface area (Å²) in [6, 6.07) is 7.94. The van der Waals surface area contributed by atoms with Crippen LogP contribution in [0.4, 0.5) is 0 Å². The zero-order chi connectivity index (χ0) is 6.10. The Morgan fingerprint density at radius 1 is 1.20 bits per heavy atom. The van der Waals surface area contributed by atoms with Gasteiger partial charge in [-0.25, -0.2) is 4.98 Å². The SMILES string of the molecule is P.c1ccc2[nH]cnc2c1. The largest absolute Gasteiger partial charge is 0.345 e. The Labute approximate surface area is 62.3 Å². The average Bonchev–Trinajstić information content (AvgIpc) is 2.33. The molecule has 0 saturated heterocycles. The molecule has 0 spiro atoms. The molecule has 0 radical (unpaired) electrons. The first-order valence-electron chi connectivity index (χ1n) is 2.85. The Morgan fingerprint density at radius 3 is 2.80 bits per heavy atom. The van der Waals surface area contributed by atoms with Crippen LogP contribution < -0.4 is 0 Å². The van der Waals surface area contributed by atoms with Crippen molar-refractivity contribution >= 4 is 20.9 Å². The minimum absolute atomic E-state index is 0. The first kappa shape index (κ1) is 7.23. The van der Waals surface area contributed by atoms with Gasteiger partial charge in [0.15, 0.2) is 0 Å². The van der Waals surface area contributed by atoms with E-state index in [9.17, 15) is 0 Å². The van der Waals surface area contributed by atoms with Crippen molar-refractivity contribution in [1.29, 1.82) is 0 Å². The molecule has 0 aliphatic heterocycles. The Kier molecular flexibility index (Phi) is 2.03. The quantitative estimate of drug-likeness (QED) is 0.571. The van der Waals surface area contributed by atoms with E-state index < -0.39 is 0 Å². The molecule has 3 heteroatoms. The predicted molar refractivity (Wildman–Crippen MR) is 47.2 cm³/mol. The van der Waals surface area contributed by atoms with Gasteiger partial charge in [0.1, 0.15) is 0 Å². The van der Waals surface area contributed by atoms with Crippen LogP contribution in [0, 0.1) is 0 Å². The molecular weight excluding hydrogens is 143 g/mol. The summed E-state index contributed by atoms with van der Waals surface area (Å²) in [4.78, 5) is 7.07. The molecule has 1 aromatic heterocycles. The predicted octanol–water partition coefficient (Wildman–Crippen LogP) is 1.62. The first-order chi connectivity index (χ1) is 4.47. The van der Waals surface area contributed by atoms with Gasteiger partial charge in [0.05, 0.1) is 17.4 Å². The van der Waals surface area contributed by atoms with Crippen molar-refractivity contribution in [2.24, 2.45) is 0 Å². The second kappa shape index (κ2) is 2.80. The number of hydrogen-bond donors (Lipinski definition) is 1. The fourth-order valence-electron chi connectivity index (χ4n) is 0.880. The van der Waals surface area contributed by atoms with E-state index in [0.29, 0.717) is 0 Å². The molecule has 0 aliphatic carbocycles. The molecule has 0 bridgehead atoms. The monoisotopic (exact) mass is 152 g/mol. The summed E-state index contributed by atoms with van der Waals surface area (Å²) >= 11 is 0. The molecule has 0 saturated carbocycles. The van der Waals surface area contributed by atoms with Crippen molar-refractivity contribution in [3.63, 3.8) is 0 Å². The van der Waals surface area contributed by atoms with Crippen molar-refractivity contribution in [3.8, 4) is 0 Å². The minimum atomic E-state index is 0. The molecule has 0 aliphatic rings. The number of H-pyrrole nitrogens is 1. The fourth-order valence-corrected chi connectivity index (χ4v) is 0.880. The second-order valence-corrected chi connectivity index (χ2v) is 1.92. The van der Waals surface area contributed by atoms with E-state index in [1.807, 2.05) is 24.3 Å². The smallest absolute Gasteiger partial charge is 0.0931 e. The van der Waals surface area contributed by atoms with Gasteiger partial charge in [-0.05, 0) is 12.1 Å². The minimum Gasteiger partial charge on any atom is -0.345 e. The summed E-state index contributed by atoms with van der Waals surface area (Å²) in [6.45, 7) is 0. The zero-order valence-corrected chi connectivity index (χ0v) is 6.96. The maximum atomic E-state index is 4.06. The number of aromatic amines is 1. The Balaban J connectivity index is 0.000000500. The summed E-state index contributed by atoms with van der Waals surface area (Å²) < 4.78 is 0. The van der Waals surface area contributed by atoms with Gasteiger partial charge < -0.3 is 4.98 Å². The number of nitrogens with zero attached hydrogens (tertiary/aromatic N) is 1. The third kappa shape index (κ3) is 1.03.